The lowest BCUT2D eigenvalue weighted by Crippen LogP contribution is -2.27. The third kappa shape index (κ3) is 6.30. The van der Waals surface area contributed by atoms with E-state index >= 15 is 0 Å². The van der Waals surface area contributed by atoms with E-state index in [-0.39, 0.29) is 16.5 Å². The molecule has 0 aliphatic heterocycles. The minimum Gasteiger partial charge on any atom is -0.478 e. The van der Waals surface area contributed by atoms with Crippen molar-refractivity contribution in [2.75, 3.05) is 10.6 Å². The molecule has 0 aliphatic rings. The van der Waals surface area contributed by atoms with Crippen LogP contribution in [0.4, 0.5) is 16.2 Å². The number of halogens is 1. The Balaban J connectivity index is 1.75. The number of carbonyl (C=O) groups excluding carboxylic acids is 2. The van der Waals surface area contributed by atoms with Gasteiger partial charge in [-0.1, -0.05) is 35.9 Å². The van der Waals surface area contributed by atoms with Gasteiger partial charge < -0.3 is 15.2 Å². The fourth-order valence-corrected chi connectivity index (χ4v) is 3.13. The van der Waals surface area contributed by atoms with Crippen LogP contribution in [0.2, 0.25) is 5.02 Å². The molecule has 0 fully saturated rings. The number of benzene rings is 2. The highest BCUT2D eigenvalue weighted by molar-refractivity contribution is 6.33. The predicted molar refractivity (Wildman–Crippen MR) is 126 cm³/mol. The standard InChI is InChI=1S/C24H22ClN3O5/c1-24(2,3)33-23(32)28-19-7-5-4-6-18(19)27-21(29)15-10-8-14(9-11-15)20-17(25)12-16(13-26-20)22(30)31/h4-13H,1-3H3,(H,27,29)(H,28,32)(H,30,31). The van der Waals surface area contributed by atoms with Gasteiger partial charge >= 0.3 is 12.1 Å². The van der Waals surface area contributed by atoms with Crippen molar-refractivity contribution in [1.82, 2.24) is 4.98 Å². The molecule has 0 bridgehead atoms. The molecule has 1 aromatic heterocycles. The number of hydrogen-bond acceptors (Lipinski definition) is 5. The molecule has 0 unspecified atom stereocenters. The molecule has 3 N–H and O–H groups in total. The maximum absolute atomic E-state index is 12.8. The van der Waals surface area contributed by atoms with Crippen LogP contribution in [0.15, 0.2) is 60.8 Å². The largest absolute Gasteiger partial charge is 0.478 e. The topological polar surface area (TPSA) is 118 Å². The summed E-state index contributed by atoms with van der Waals surface area (Å²) in [6.45, 7) is 5.27. The molecule has 0 atom stereocenters. The molecule has 170 valence electrons. The van der Waals surface area contributed by atoms with Crippen molar-refractivity contribution < 1.29 is 24.2 Å². The van der Waals surface area contributed by atoms with Gasteiger partial charge in [-0.2, -0.15) is 0 Å². The number of carboxylic acid groups (broad SMARTS) is 1. The number of ether oxygens (including phenoxy) is 1. The van der Waals surface area contributed by atoms with E-state index < -0.39 is 17.7 Å². The van der Waals surface area contributed by atoms with Crippen molar-refractivity contribution in [2.45, 2.75) is 26.4 Å². The van der Waals surface area contributed by atoms with Gasteiger partial charge in [0.05, 0.1) is 27.7 Å². The van der Waals surface area contributed by atoms with Gasteiger partial charge in [-0.25, -0.2) is 9.59 Å². The van der Waals surface area contributed by atoms with Gasteiger partial charge in [-0.3, -0.25) is 15.1 Å². The highest BCUT2D eigenvalue weighted by Gasteiger charge is 2.18. The van der Waals surface area contributed by atoms with Gasteiger partial charge in [0, 0.05) is 17.3 Å². The van der Waals surface area contributed by atoms with Gasteiger partial charge in [0.1, 0.15) is 5.60 Å². The normalized spacial score (nSPS) is 10.9. The van der Waals surface area contributed by atoms with Crippen LogP contribution < -0.4 is 10.6 Å². The number of rotatable bonds is 5. The molecular weight excluding hydrogens is 446 g/mol. The number of amides is 2. The van der Waals surface area contributed by atoms with E-state index in [1.807, 2.05) is 0 Å². The van der Waals surface area contributed by atoms with Crippen LogP contribution in [-0.2, 0) is 4.74 Å². The monoisotopic (exact) mass is 467 g/mol. The second-order valence-electron chi connectivity index (χ2n) is 8.06. The quantitative estimate of drug-likeness (QED) is 0.443. The summed E-state index contributed by atoms with van der Waals surface area (Å²) in [4.78, 5) is 40.0. The zero-order chi connectivity index (χ0) is 24.2. The number of carbonyl (C=O) groups is 3. The van der Waals surface area contributed by atoms with Gasteiger partial charge in [-0.05, 0) is 51.1 Å². The average Bonchev–Trinajstić information content (AvgIpc) is 2.73. The molecule has 0 spiro atoms. The summed E-state index contributed by atoms with van der Waals surface area (Å²) in [7, 11) is 0. The summed E-state index contributed by atoms with van der Waals surface area (Å²) in [5, 5.41) is 14.6. The first-order valence-corrected chi connectivity index (χ1v) is 10.3. The van der Waals surface area contributed by atoms with Gasteiger partial charge in [0.25, 0.3) is 5.91 Å². The summed E-state index contributed by atoms with van der Waals surface area (Å²) >= 11 is 6.17. The Kier molecular flexibility index (Phi) is 6.98. The second-order valence-corrected chi connectivity index (χ2v) is 8.47. The molecule has 33 heavy (non-hydrogen) atoms. The number of para-hydroxylation sites is 2. The minimum atomic E-state index is -1.12. The molecule has 2 aromatic carbocycles. The van der Waals surface area contributed by atoms with Crippen LogP contribution in [0.25, 0.3) is 11.3 Å². The Morgan fingerprint density at radius 2 is 1.55 bits per heavy atom. The van der Waals surface area contributed by atoms with Gasteiger partial charge in [0.15, 0.2) is 0 Å². The Morgan fingerprint density at radius 3 is 2.09 bits per heavy atom. The van der Waals surface area contributed by atoms with E-state index in [2.05, 4.69) is 15.6 Å². The smallest absolute Gasteiger partial charge is 0.412 e. The Morgan fingerprint density at radius 1 is 0.939 bits per heavy atom. The highest BCUT2D eigenvalue weighted by atomic mass is 35.5. The minimum absolute atomic E-state index is 0.0154. The third-order valence-electron chi connectivity index (χ3n) is 4.32. The van der Waals surface area contributed by atoms with E-state index in [0.717, 1.165) is 0 Å². The van der Waals surface area contributed by atoms with Crippen LogP contribution in [0.5, 0.6) is 0 Å². The Hall–Kier alpha value is -3.91. The van der Waals surface area contributed by atoms with Crippen LogP contribution in [-0.4, -0.2) is 33.7 Å². The zero-order valence-corrected chi connectivity index (χ0v) is 18.9. The third-order valence-corrected chi connectivity index (χ3v) is 4.61. The summed E-state index contributed by atoms with van der Waals surface area (Å²) in [6.07, 6.45) is 0.588. The molecule has 9 heteroatoms. The molecule has 3 rings (SSSR count). The number of aromatic nitrogens is 1. The molecule has 0 saturated heterocycles. The molecule has 0 aliphatic carbocycles. The van der Waals surface area contributed by atoms with Crippen molar-refractivity contribution in [2.24, 2.45) is 0 Å². The van der Waals surface area contributed by atoms with Crippen LogP contribution in [0.1, 0.15) is 41.5 Å². The number of pyridine rings is 1. The zero-order valence-electron chi connectivity index (χ0n) is 18.2. The van der Waals surface area contributed by atoms with Gasteiger partial charge in [0.2, 0.25) is 0 Å². The van der Waals surface area contributed by atoms with Crippen molar-refractivity contribution in [3.05, 3.63) is 76.9 Å². The van der Waals surface area contributed by atoms with Crippen LogP contribution in [0.3, 0.4) is 0 Å². The first kappa shape index (κ1) is 23.7. The Bertz CT molecular complexity index is 1200. The lowest BCUT2D eigenvalue weighted by atomic mass is 10.1. The van der Waals surface area contributed by atoms with E-state index in [0.29, 0.717) is 28.2 Å². The highest BCUT2D eigenvalue weighted by Crippen LogP contribution is 2.27. The summed E-state index contributed by atoms with van der Waals surface area (Å²) < 4.78 is 5.26. The molecule has 2 amide bonds. The van der Waals surface area contributed by atoms with E-state index in [9.17, 15) is 14.4 Å². The first-order chi connectivity index (χ1) is 15.5. The fraction of sp³-hybridized carbons (Fsp3) is 0.167. The lowest BCUT2D eigenvalue weighted by Gasteiger charge is -2.20. The molecule has 3 aromatic rings. The van der Waals surface area contributed by atoms with E-state index in [4.69, 9.17) is 21.4 Å². The van der Waals surface area contributed by atoms with Crippen molar-refractivity contribution in [1.29, 1.82) is 0 Å². The molecule has 8 nitrogen and oxygen atoms in total. The van der Waals surface area contributed by atoms with Crippen molar-refractivity contribution in [3.63, 3.8) is 0 Å². The number of hydrogen-bond donors (Lipinski definition) is 3. The summed E-state index contributed by atoms with van der Waals surface area (Å²) in [5.41, 5.74) is 1.52. The molecule has 1 heterocycles. The van der Waals surface area contributed by atoms with E-state index in [1.165, 1.54) is 12.3 Å². The second kappa shape index (κ2) is 9.70. The number of nitrogens with zero attached hydrogens (tertiary/aromatic N) is 1. The average molecular weight is 468 g/mol. The SMILES string of the molecule is CC(C)(C)OC(=O)Nc1ccccc1NC(=O)c1ccc(-c2ncc(C(=O)O)cc2Cl)cc1. The number of anilines is 2. The number of aromatic carboxylic acids is 1. The lowest BCUT2D eigenvalue weighted by molar-refractivity contribution is 0.0633. The van der Waals surface area contributed by atoms with Gasteiger partial charge in [-0.15, -0.1) is 0 Å². The maximum Gasteiger partial charge on any atom is 0.412 e. The van der Waals surface area contributed by atoms with Crippen molar-refractivity contribution >= 4 is 40.9 Å². The predicted octanol–water partition coefficient (Wildman–Crippen LogP) is 5.70. The molecular formula is C24H22ClN3O5. The first-order valence-electron chi connectivity index (χ1n) is 9.93. The summed E-state index contributed by atoms with van der Waals surface area (Å²) in [6, 6.07) is 14.6. The van der Waals surface area contributed by atoms with E-state index in [1.54, 1.807) is 69.3 Å². The maximum atomic E-state index is 12.8. The Labute approximate surface area is 195 Å². The fourth-order valence-electron chi connectivity index (χ4n) is 2.86. The van der Waals surface area contributed by atoms with Crippen LogP contribution >= 0.6 is 11.6 Å². The molecule has 0 saturated carbocycles. The summed E-state index contributed by atoms with van der Waals surface area (Å²) in [5.74, 6) is -1.51. The number of carboxylic acids is 1. The number of nitrogens with one attached hydrogen (secondary N) is 2. The molecule has 0 radical (unpaired) electrons. The van der Waals surface area contributed by atoms with Crippen LogP contribution in [0, 0.1) is 0 Å². The van der Waals surface area contributed by atoms with Crippen molar-refractivity contribution in [3.8, 4) is 11.3 Å².